The fourth-order valence-electron chi connectivity index (χ4n) is 2.93. The molecule has 116 valence electrons. The van der Waals surface area contributed by atoms with Gasteiger partial charge in [-0.1, -0.05) is 30.3 Å². The van der Waals surface area contributed by atoms with Crippen molar-refractivity contribution in [2.75, 3.05) is 0 Å². The van der Waals surface area contributed by atoms with Gasteiger partial charge < -0.3 is 5.11 Å². The van der Waals surface area contributed by atoms with Gasteiger partial charge in [-0.15, -0.1) is 0 Å². The maximum atomic E-state index is 10.4. The zero-order chi connectivity index (χ0) is 15.8. The van der Waals surface area contributed by atoms with Crippen LogP contribution in [0.15, 0.2) is 55.0 Å². The van der Waals surface area contributed by atoms with E-state index < -0.39 is 6.23 Å². The number of nitrogens with zero attached hydrogens (tertiary/aromatic N) is 4. The molecule has 6 heteroatoms. The third kappa shape index (κ3) is 2.89. The fourth-order valence-corrected chi connectivity index (χ4v) is 3.35. The van der Waals surface area contributed by atoms with Crippen molar-refractivity contribution in [1.29, 1.82) is 0 Å². The molecule has 23 heavy (non-hydrogen) atoms. The maximum absolute atomic E-state index is 10.4. The summed E-state index contributed by atoms with van der Waals surface area (Å²) in [7, 11) is 0. The highest BCUT2D eigenvalue weighted by Crippen LogP contribution is 2.32. The van der Waals surface area contributed by atoms with Gasteiger partial charge in [0, 0.05) is 31.0 Å². The average Bonchev–Trinajstić information content (AvgIpc) is 3.13. The van der Waals surface area contributed by atoms with E-state index in [0.717, 1.165) is 28.9 Å². The van der Waals surface area contributed by atoms with Crippen LogP contribution in [0.2, 0.25) is 0 Å². The topological polar surface area (TPSA) is 54.2 Å². The molecule has 1 aliphatic heterocycles. The predicted molar refractivity (Wildman–Crippen MR) is 95.5 cm³/mol. The summed E-state index contributed by atoms with van der Waals surface area (Å²) in [6.07, 6.45) is 5.07. The van der Waals surface area contributed by atoms with Crippen molar-refractivity contribution in [2.45, 2.75) is 19.3 Å². The summed E-state index contributed by atoms with van der Waals surface area (Å²) in [5.41, 5.74) is 5.19. The highest BCUT2D eigenvalue weighted by molar-refractivity contribution is 14.1. The summed E-state index contributed by atoms with van der Waals surface area (Å²) in [4.78, 5) is 6.56. The molecule has 1 N–H and O–H groups in total. The van der Waals surface area contributed by atoms with Gasteiger partial charge >= 0.3 is 0 Å². The third-order valence-corrected chi connectivity index (χ3v) is 4.64. The number of hydrogen-bond donors (Lipinski definition) is 1. The molecular weight excluding hydrogens is 403 g/mol. The van der Waals surface area contributed by atoms with E-state index in [9.17, 15) is 5.11 Å². The first-order chi connectivity index (χ1) is 11.2. The Bertz CT molecular complexity index is 831. The van der Waals surface area contributed by atoms with Gasteiger partial charge in [0.2, 0.25) is 0 Å². The fraction of sp³-hybridized carbons (Fsp3) is 0.176. The number of halogens is 1. The number of aliphatic hydroxyl groups excluding tert-OH is 1. The Morgan fingerprint density at radius 1 is 1.17 bits per heavy atom. The van der Waals surface area contributed by atoms with Gasteiger partial charge in [-0.2, -0.15) is 5.10 Å². The van der Waals surface area contributed by atoms with Gasteiger partial charge in [0.1, 0.15) is 6.23 Å². The second kappa shape index (κ2) is 6.03. The van der Waals surface area contributed by atoms with Gasteiger partial charge in [-0.3, -0.25) is 9.88 Å². The van der Waals surface area contributed by atoms with Crippen LogP contribution in [0.3, 0.4) is 0 Å². The molecule has 1 aromatic carbocycles. The van der Waals surface area contributed by atoms with Crippen LogP contribution < -0.4 is 0 Å². The van der Waals surface area contributed by atoms with Crippen LogP contribution in [0, 0.1) is 0 Å². The minimum Gasteiger partial charge on any atom is -0.374 e. The Balaban J connectivity index is 1.50. The van der Waals surface area contributed by atoms with Gasteiger partial charge in [-0.25, -0.2) is 2.90 Å². The van der Waals surface area contributed by atoms with Gasteiger partial charge in [0.05, 0.1) is 34.8 Å². The molecular formula is C17H15IN4O. The molecule has 0 bridgehead atoms. The molecule has 0 aliphatic carbocycles. The monoisotopic (exact) mass is 418 g/mol. The number of pyridine rings is 1. The molecule has 3 aromatic rings. The van der Waals surface area contributed by atoms with E-state index in [-0.39, 0.29) is 0 Å². The highest BCUT2D eigenvalue weighted by Gasteiger charge is 2.27. The van der Waals surface area contributed by atoms with Gasteiger partial charge in [-0.05, 0) is 22.8 Å². The smallest absolute Gasteiger partial charge is 0.134 e. The lowest BCUT2D eigenvalue weighted by Gasteiger charge is -2.20. The van der Waals surface area contributed by atoms with Crippen LogP contribution in [0.25, 0.3) is 11.3 Å². The molecule has 1 unspecified atom stereocenters. The Labute approximate surface area is 148 Å². The molecule has 5 nitrogen and oxygen atoms in total. The molecule has 1 atom stereocenters. The molecule has 3 heterocycles. The average molecular weight is 418 g/mol. The summed E-state index contributed by atoms with van der Waals surface area (Å²) >= 11 is 2.11. The summed E-state index contributed by atoms with van der Waals surface area (Å²) < 4.78 is 1.74. The minimum atomic E-state index is -0.539. The van der Waals surface area contributed by atoms with Crippen molar-refractivity contribution >= 4 is 22.9 Å². The Morgan fingerprint density at radius 2 is 2.04 bits per heavy atom. The quantitative estimate of drug-likeness (QED) is 0.665. The van der Waals surface area contributed by atoms with Crippen LogP contribution in [-0.2, 0) is 13.1 Å². The van der Waals surface area contributed by atoms with Crippen LogP contribution in [0.5, 0.6) is 0 Å². The first kappa shape index (κ1) is 14.8. The second-order valence-corrected chi connectivity index (χ2v) is 6.64. The second-order valence-electron chi connectivity index (χ2n) is 5.65. The Morgan fingerprint density at radius 3 is 2.74 bits per heavy atom. The molecule has 0 amide bonds. The van der Waals surface area contributed by atoms with Crippen molar-refractivity contribution in [3.05, 3.63) is 71.7 Å². The van der Waals surface area contributed by atoms with E-state index in [1.54, 1.807) is 9.09 Å². The van der Waals surface area contributed by atoms with Crippen LogP contribution >= 0.6 is 22.9 Å². The SMILES string of the molecule is OC1c2ccccc2CN1Cc1ccc(-c2cnn(I)c2)nc1. The molecule has 1 aliphatic rings. The number of aromatic nitrogens is 3. The molecule has 0 fully saturated rings. The Kier molecular flexibility index (Phi) is 3.88. The van der Waals surface area contributed by atoms with Crippen molar-refractivity contribution < 1.29 is 5.11 Å². The molecule has 0 saturated heterocycles. The zero-order valence-corrected chi connectivity index (χ0v) is 14.5. The Hall–Kier alpha value is -1.77. The predicted octanol–water partition coefficient (Wildman–Crippen LogP) is 3.15. The van der Waals surface area contributed by atoms with E-state index in [1.165, 1.54) is 5.56 Å². The molecule has 4 rings (SSSR count). The molecule has 0 radical (unpaired) electrons. The van der Waals surface area contributed by atoms with E-state index in [1.807, 2.05) is 41.6 Å². The highest BCUT2D eigenvalue weighted by atomic mass is 127. The first-order valence-corrected chi connectivity index (χ1v) is 8.33. The molecule has 0 saturated carbocycles. The summed E-state index contributed by atoms with van der Waals surface area (Å²) in [5.74, 6) is 0. The van der Waals surface area contributed by atoms with Gasteiger partial charge in [0.25, 0.3) is 0 Å². The van der Waals surface area contributed by atoms with E-state index >= 15 is 0 Å². The van der Waals surface area contributed by atoms with E-state index in [2.05, 4.69) is 45.1 Å². The van der Waals surface area contributed by atoms with Crippen LogP contribution in [-0.4, -0.2) is 23.0 Å². The van der Waals surface area contributed by atoms with Crippen molar-refractivity contribution in [2.24, 2.45) is 0 Å². The van der Waals surface area contributed by atoms with E-state index in [4.69, 9.17) is 0 Å². The molecule has 2 aromatic heterocycles. The lowest BCUT2D eigenvalue weighted by molar-refractivity contribution is 0.00764. The zero-order valence-electron chi connectivity index (χ0n) is 12.3. The van der Waals surface area contributed by atoms with Crippen LogP contribution in [0.1, 0.15) is 22.9 Å². The maximum Gasteiger partial charge on any atom is 0.134 e. The standard InChI is InChI=1S/C17H15IN4O/c18-22-11-14(8-20-22)16-6-5-12(7-19-16)9-21-10-13-3-1-2-4-15(13)17(21)23/h1-8,11,17,23H,9-10H2. The van der Waals surface area contributed by atoms with E-state index in [0.29, 0.717) is 6.54 Å². The van der Waals surface area contributed by atoms with Crippen molar-refractivity contribution in [3.63, 3.8) is 0 Å². The normalized spacial score (nSPS) is 17.4. The van der Waals surface area contributed by atoms with Crippen molar-refractivity contribution in [1.82, 2.24) is 17.9 Å². The number of rotatable bonds is 3. The third-order valence-electron chi connectivity index (χ3n) is 4.11. The largest absolute Gasteiger partial charge is 0.374 e. The first-order valence-electron chi connectivity index (χ1n) is 7.37. The van der Waals surface area contributed by atoms with Crippen molar-refractivity contribution in [3.8, 4) is 11.3 Å². The summed E-state index contributed by atoms with van der Waals surface area (Å²) in [5, 5.41) is 14.6. The number of benzene rings is 1. The van der Waals surface area contributed by atoms with Crippen LogP contribution in [0.4, 0.5) is 0 Å². The molecule has 0 spiro atoms. The lowest BCUT2D eigenvalue weighted by Crippen LogP contribution is -2.21. The van der Waals surface area contributed by atoms with Gasteiger partial charge in [0.15, 0.2) is 0 Å². The number of hydrogen-bond acceptors (Lipinski definition) is 4. The summed E-state index contributed by atoms with van der Waals surface area (Å²) in [6.45, 7) is 1.44. The lowest BCUT2D eigenvalue weighted by atomic mass is 10.1. The number of aliphatic hydroxyl groups is 1. The minimum absolute atomic E-state index is 0.539. The number of fused-ring (bicyclic) bond motifs is 1. The summed E-state index contributed by atoms with van der Waals surface area (Å²) in [6, 6.07) is 12.1.